The molecule has 30 heavy (non-hydrogen) atoms. The maximum absolute atomic E-state index is 13.1. The Balaban J connectivity index is 1.45. The minimum Gasteiger partial charge on any atom is -0.379 e. The van der Waals surface area contributed by atoms with Crippen LogP contribution >= 0.6 is 0 Å². The van der Waals surface area contributed by atoms with E-state index >= 15 is 0 Å². The summed E-state index contributed by atoms with van der Waals surface area (Å²) in [5.74, 6) is -0.0516. The molecule has 1 aromatic carbocycles. The third-order valence-corrected chi connectivity index (χ3v) is 6.70. The average Bonchev–Trinajstić information content (AvgIpc) is 3.24. The summed E-state index contributed by atoms with van der Waals surface area (Å²) < 4.78 is 7.33. The first-order valence-electron chi connectivity index (χ1n) is 11.1. The lowest BCUT2D eigenvalue weighted by Gasteiger charge is -2.49. The fourth-order valence-corrected chi connectivity index (χ4v) is 4.97. The molecule has 1 aliphatic carbocycles. The SMILES string of the molecule is Cc1ccccc1Cn1cc(C(=O)N(C)CC2(N3CCOCC3)CCCCC2)nn1. The molecular formula is C23H33N5O2. The van der Waals surface area contributed by atoms with Crippen LogP contribution in [0.2, 0.25) is 0 Å². The van der Waals surface area contributed by atoms with E-state index in [2.05, 4.69) is 34.3 Å². The van der Waals surface area contributed by atoms with Crippen molar-refractivity contribution in [1.82, 2.24) is 24.8 Å². The van der Waals surface area contributed by atoms with Gasteiger partial charge in [-0.2, -0.15) is 0 Å². The molecule has 1 amide bonds. The number of likely N-dealkylation sites (N-methyl/N-ethyl adjacent to an activating group) is 1. The van der Waals surface area contributed by atoms with Crippen molar-refractivity contribution in [3.8, 4) is 0 Å². The highest BCUT2D eigenvalue weighted by molar-refractivity contribution is 5.91. The molecule has 1 saturated carbocycles. The molecule has 2 heterocycles. The van der Waals surface area contributed by atoms with E-state index in [4.69, 9.17) is 4.74 Å². The highest BCUT2D eigenvalue weighted by Gasteiger charge is 2.40. The number of ether oxygens (including phenoxy) is 1. The van der Waals surface area contributed by atoms with E-state index in [1.165, 1.54) is 30.4 Å². The maximum Gasteiger partial charge on any atom is 0.275 e. The third kappa shape index (κ3) is 4.57. The van der Waals surface area contributed by atoms with Crippen LogP contribution in [0.1, 0.15) is 53.7 Å². The molecule has 7 nitrogen and oxygen atoms in total. The Hall–Kier alpha value is -2.25. The van der Waals surface area contributed by atoms with Crippen LogP contribution < -0.4 is 0 Å². The molecule has 0 N–H and O–H groups in total. The van der Waals surface area contributed by atoms with Crippen molar-refractivity contribution in [2.24, 2.45) is 0 Å². The Kier molecular flexibility index (Phi) is 6.49. The largest absolute Gasteiger partial charge is 0.379 e. The normalized spacial score (nSPS) is 19.5. The van der Waals surface area contributed by atoms with Gasteiger partial charge in [-0.25, -0.2) is 4.68 Å². The van der Waals surface area contributed by atoms with Crippen LogP contribution in [-0.2, 0) is 11.3 Å². The van der Waals surface area contributed by atoms with Gasteiger partial charge in [0.2, 0.25) is 0 Å². The molecule has 0 spiro atoms. The van der Waals surface area contributed by atoms with Crippen LogP contribution in [0.25, 0.3) is 0 Å². The zero-order chi connectivity index (χ0) is 21.0. The molecule has 0 atom stereocenters. The van der Waals surface area contributed by atoms with E-state index in [-0.39, 0.29) is 11.4 Å². The first-order valence-corrected chi connectivity index (χ1v) is 11.1. The molecule has 1 aliphatic heterocycles. The zero-order valence-corrected chi connectivity index (χ0v) is 18.2. The van der Waals surface area contributed by atoms with Crippen LogP contribution in [0.3, 0.4) is 0 Å². The summed E-state index contributed by atoms with van der Waals surface area (Å²) in [6.07, 6.45) is 7.80. The van der Waals surface area contributed by atoms with Gasteiger partial charge in [-0.3, -0.25) is 9.69 Å². The highest BCUT2D eigenvalue weighted by atomic mass is 16.5. The number of nitrogens with zero attached hydrogens (tertiary/aromatic N) is 5. The number of carbonyl (C=O) groups excluding carboxylic acids is 1. The summed E-state index contributed by atoms with van der Waals surface area (Å²) in [4.78, 5) is 17.6. The first kappa shape index (κ1) is 21.0. The molecule has 0 unspecified atom stereocenters. The number of amides is 1. The molecule has 0 bridgehead atoms. The highest BCUT2D eigenvalue weighted by Crippen LogP contribution is 2.35. The van der Waals surface area contributed by atoms with E-state index in [9.17, 15) is 4.79 Å². The van der Waals surface area contributed by atoms with E-state index in [1.54, 1.807) is 10.9 Å². The number of rotatable bonds is 6. The van der Waals surface area contributed by atoms with Crippen molar-refractivity contribution in [3.05, 3.63) is 47.3 Å². The van der Waals surface area contributed by atoms with E-state index in [0.29, 0.717) is 12.2 Å². The van der Waals surface area contributed by atoms with Gasteiger partial charge in [0, 0.05) is 32.2 Å². The zero-order valence-electron chi connectivity index (χ0n) is 18.2. The number of benzene rings is 1. The Morgan fingerprint density at radius 1 is 1.17 bits per heavy atom. The van der Waals surface area contributed by atoms with Crippen molar-refractivity contribution in [1.29, 1.82) is 0 Å². The second-order valence-corrected chi connectivity index (χ2v) is 8.77. The van der Waals surface area contributed by atoms with Crippen LogP contribution in [0.4, 0.5) is 0 Å². The molecule has 2 fully saturated rings. The summed E-state index contributed by atoms with van der Waals surface area (Å²) >= 11 is 0. The quantitative estimate of drug-likeness (QED) is 0.731. The topological polar surface area (TPSA) is 63.5 Å². The molecular weight excluding hydrogens is 378 g/mol. The van der Waals surface area contributed by atoms with Crippen LogP contribution in [0, 0.1) is 6.92 Å². The van der Waals surface area contributed by atoms with Crippen LogP contribution in [0.5, 0.6) is 0 Å². The van der Waals surface area contributed by atoms with E-state index in [1.807, 2.05) is 24.1 Å². The molecule has 7 heteroatoms. The number of aromatic nitrogens is 3. The van der Waals surface area contributed by atoms with Gasteiger partial charge in [0.25, 0.3) is 5.91 Å². The number of hydrogen-bond donors (Lipinski definition) is 0. The molecule has 1 saturated heterocycles. The van der Waals surface area contributed by atoms with Gasteiger partial charge >= 0.3 is 0 Å². The van der Waals surface area contributed by atoms with Crippen LogP contribution in [0.15, 0.2) is 30.5 Å². The van der Waals surface area contributed by atoms with Gasteiger partial charge < -0.3 is 9.64 Å². The number of aryl methyl sites for hydroxylation is 1. The fourth-order valence-electron chi connectivity index (χ4n) is 4.97. The van der Waals surface area contributed by atoms with Gasteiger partial charge in [0.1, 0.15) is 0 Å². The molecule has 4 rings (SSSR count). The van der Waals surface area contributed by atoms with Crippen molar-refractivity contribution in [2.75, 3.05) is 39.9 Å². The molecule has 162 valence electrons. The third-order valence-electron chi connectivity index (χ3n) is 6.70. The minimum absolute atomic E-state index is 0.0516. The number of morpholine rings is 1. The Morgan fingerprint density at radius 2 is 1.90 bits per heavy atom. The summed E-state index contributed by atoms with van der Waals surface area (Å²) in [7, 11) is 1.90. The predicted octanol–water partition coefficient (Wildman–Crippen LogP) is 2.74. The standard InChI is InChI=1S/C23H33N5O2/c1-19-8-4-5-9-20(19)16-28-17-21(24-25-28)22(29)26(2)18-23(10-6-3-7-11-23)27-12-14-30-15-13-27/h4-5,8-9,17H,3,6-7,10-16,18H2,1-2H3. The van der Waals surface area contributed by atoms with Gasteiger partial charge in [-0.1, -0.05) is 48.7 Å². The lowest BCUT2D eigenvalue weighted by molar-refractivity contribution is -0.0460. The Labute approximate surface area is 179 Å². The predicted molar refractivity (Wildman–Crippen MR) is 115 cm³/mol. The maximum atomic E-state index is 13.1. The van der Waals surface area contributed by atoms with Gasteiger partial charge in [0.15, 0.2) is 5.69 Å². The second-order valence-electron chi connectivity index (χ2n) is 8.77. The smallest absolute Gasteiger partial charge is 0.275 e. The molecule has 1 aromatic heterocycles. The van der Waals surface area contributed by atoms with Crippen molar-refractivity contribution >= 4 is 5.91 Å². The van der Waals surface area contributed by atoms with Gasteiger partial charge in [-0.15, -0.1) is 5.10 Å². The van der Waals surface area contributed by atoms with E-state index in [0.717, 1.165) is 45.7 Å². The summed E-state index contributed by atoms with van der Waals surface area (Å²) in [5, 5.41) is 8.38. The lowest BCUT2D eigenvalue weighted by Crippen LogP contribution is -2.59. The summed E-state index contributed by atoms with van der Waals surface area (Å²) in [6, 6.07) is 8.22. The monoisotopic (exact) mass is 411 g/mol. The number of hydrogen-bond acceptors (Lipinski definition) is 5. The van der Waals surface area contributed by atoms with Crippen molar-refractivity contribution in [2.45, 2.75) is 51.1 Å². The second kappa shape index (κ2) is 9.27. The molecule has 2 aliphatic rings. The lowest BCUT2D eigenvalue weighted by atomic mass is 9.79. The Bertz CT molecular complexity index is 853. The van der Waals surface area contributed by atoms with Gasteiger partial charge in [0.05, 0.1) is 26.0 Å². The van der Waals surface area contributed by atoms with Gasteiger partial charge in [-0.05, 0) is 30.9 Å². The first-order chi connectivity index (χ1) is 14.6. The minimum atomic E-state index is -0.0516. The Morgan fingerprint density at radius 3 is 2.63 bits per heavy atom. The summed E-state index contributed by atoms with van der Waals surface area (Å²) in [6.45, 7) is 6.91. The van der Waals surface area contributed by atoms with E-state index < -0.39 is 0 Å². The average molecular weight is 412 g/mol. The molecule has 2 aromatic rings. The molecule has 0 radical (unpaired) electrons. The van der Waals surface area contributed by atoms with Crippen LogP contribution in [-0.4, -0.2) is 76.1 Å². The van der Waals surface area contributed by atoms with Crippen molar-refractivity contribution < 1.29 is 9.53 Å². The van der Waals surface area contributed by atoms with Crippen molar-refractivity contribution in [3.63, 3.8) is 0 Å². The number of carbonyl (C=O) groups is 1. The fraction of sp³-hybridized carbons (Fsp3) is 0.609. The summed E-state index contributed by atoms with van der Waals surface area (Å²) in [5.41, 5.74) is 2.87.